The zero-order chi connectivity index (χ0) is 14.7. The van der Waals surface area contributed by atoms with Gasteiger partial charge in [-0.3, -0.25) is 4.79 Å². The van der Waals surface area contributed by atoms with Crippen molar-refractivity contribution in [2.24, 2.45) is 0 Å². The minimum absolute atomic E-state index is 0.114. The molecule has 0 bridgehead atoms. The van der Waals surface area contributed by atoms with Crippen molar-refractivity contribution in [3.8, 4) is 0 Å². The quantitative estimate of drug-likeness (QED) is 0.892. The second-order valence-corrected chi connectivity index (χ2v) is 5.78. The zero-order valence-corrected chi connectivity index (χ0v) is 12.0. The third-order valence-corrected chi connectivity index (χ3v) is 4.11. The first kappa shape index (κ1) is 14.0. The van der Waals surface area contributed by atoms with Gasteiger partial charge >= 0.3 is 0 Å². The maximum Gasteiger partial charge on any atom is 0.223 e. The molecule has 6 nitrogen and oxygen atoms in total. The number of aromatic nitrogens is 3. The molecule has 0 saturated heterocycles. The lowest BCUT2D eigenvalue weighted by Crippen LogP contribution is -2.38. The summed E-state index contributed by atoms with van der Waals surface area (Å²) in [5.74, 6) is -0.114. The molecule has 6 heteroatoms. The highest BCUT2D eigenvalue weighted by Gasteiger charge is 2.31. The second kappa shape index (κ2) is 5.81. The van der Waals surface area contributed by atoms with E-state index in [0.29, 0.717) is 6.54 Å². The Morgan fingerprint density at radius 3 is 2.90 bits per heavy atom. The zero-order valence-electron chi connectivity index (χ0n) is 12.0. The largest absolute Gasteiger partial charge is 0.389 e. The molecule has 0 atom stereocenters. The van der Waals surface area contributed by atoms with E-state index in [1.54, 1.807) is 16.9 Å². The Morgan fingerprint density at radius 1 is 1.29 bits per heavy atom. The van der Waals surface area contributed by atoms with Crippen LogP contribution in [0.3, 0.4) is 0 Å². The Hall–Kier alpha value is -1.95. The molecule has 21 heavy (non-hydrogen) atoms. The predicted molar refractivity (Wildman–Crippen MR) is 77.5 cm³/mol. The fraction of sp³-hybridized carbons (Fsp3) is 0.533. The third-order valence-electron chi connectivity index (χ3n) is 4.11. The number of amides is 1. The molecule has 2 aromatic heterocycles. The van der Waals surface area contributed by atoms with Gasteiger partial charge in [0.2, 0.25) is 5.91 Å². The van der Waals surface area contributed by atoms with Crippen molar-refractivity contribution in [3.63, 3.8) is 0 Å². The number of carbonyl (C=O) groups excluding carboxylic acids is 1. The van der Waals surface area contributed by atoms with Gasteiger partial charge in [-0.2, -0.15) is 5.10 Å². The van der Waals surface area contributed by atoms with E-state index in [1.165, 1.54) is 0 Å². The van der Waals surface area contributed by atoms with Crippen molar-refractivity contribution in [2.45, 2.75) is 50.7 Å². The molecule has 2 aromatic rings. The highest BCUT2D eigenvalue weighted by molar-refractivity contribution is 5.77. The Balaban J connectivity index is 1.59. The van der Waals surface area contributed by atoms with E-state index in [4.69, 9.17) is 0 Å². The average Bonchev–Trinajstić information content (AvgIpc) is 2.94. The van der Waals surface area contributed by atoms with E-state index in [-0.39, 0.29) is 12.3 Å². The fourth-order valence-electron chi connectivity index (χ4n) is 2.96. The van der Waals surface area contributed by atoms with Crippen LogP contribution in [0.2, 0.25) is 0 Å². The standard InChI is InChI=1S/C15H20N4O2/c20-14(10-15(21)6-2-1-3-7-15)17-11-12-4-8-16-13-5-9-18-19(12)13/h4-5,8-9,21H,1-3,6-7,10-11H2,(H,17,20). The van der Waals surface area contributed by atoms with E-state index < -0.39 is 5.60 Å². The van der Waals surface area contributed by atoms with E-state index in [2.05, 4.69) is 15.4 Å². The molecule has 2 N–H and O–H groups in total. The molecule has 1 aliphatic carbocycles. The minimum Gasteiger partial charge on any atom is -0.389 e. The number of nitrogens with zero attached hydrogens (tertiary/aromatic N) is 3. The van der Waals surface area contributed by atoms with Crippen molar-refractivity contribution in [1.29, 1.82) is 0 Å². The molecule has 0 unspecified atom stereocenters. The number of carbonyl (C=O) groups is 1. The molecule has 1 fully saturated rings. The average molecular weight is 288 g/mol. The Bertz CT molecular complexity index is 631. The van der Waals surface area contributed by atoms with E-state index in [1.807, 2.05) is 12.1 Å². The van der Waals surface area contributed by atoms with Crippen LogP contribution in [0.15, 0.2) is 24.5 Å². The van der Waals surface area contributed by atoms with Gasteiger partial charge in [0.1, 0.15) is 0 Å². The number of hydrogen-bond donors (Lipinski definition) is 2. The molecular formula is C15H20N4O2. The maximum absolute atomic E-state index is 12.0. The molecule has 1 aliphatic rings. The highest BCUT2D eigenvalue weighted by Crippen LogP contribution is 2.30. The molecule has 1 saturated carbocycles. The van der Waals surface area contributed by atoms with Crippen LogP contribution < -0.4 is 5.32 Å². The van der Waals surface area contributed by atoms with E-state index in [0.717, 1.165) is 43.4 Å². The van der Waals surface area contributed by atoms with Gasteiger partial charge in [0.25, 0.3) is 0 Å². The second-order valence-electron chi connectivity index (χ2n) is 5.78. The first-order chi connectivity index (χ1) is 10.2. The van der Waals surface area contributed by atoms with Crippen molar-refractivity contribution >= 4 is 11.6 Å². The summed E-state index contributed by atoms with van der Waals surface area (Å²) in [6, 6.07) is 3.64. The number of aliphatic hydroxyl groups is 1. The van der Waals surface area contributed by atoms with Crippen LogP contribution in [0.5, 0.6) is 0 Å². The van der Waals surface area contributed by atoms with E-state index in [9.17, 15) is 9.90 Å². The molecular weight excluding hydrogens is 268 g/mol. The van der Waals surface area contributed by atoms with Crippen molar-refractivity contribution in [3.05, 3.63) is 30.2 Å². The molecule has 0 aromatic carbocycles. The summed E-state index contributed by atoms with van der Waals surface area (Å²) in [7, 11) is 0. The minimum atomic E-state index is -0.818. The van der Waals surface area contributed by atoms with Gasteiger partial charge in [-0.05, 0) is 18.9 Å². The molecule has 0 radical (unpaired) electrons. The SMILES string of the molecule is O=C(CC1(O)CCCCC1)NCc1ccnc2ccnn12. The summed E-state index contributed by atoms with van der Waals surface area (Å²) in [6.07, 6.45) is 8.16. The molecule has 0 spiro atoms. The van der Waals surface area contributed by atoms with Gasteiger partial charge in [0.15, 0.2) is 5.65 Å². The maximum atomic E-state index is 12.0. The number of rotatable bonds is 4. The topological polar surface area (TPSA) is 79.5 Å². The summed E-state index contributed by atoms with van der Waals surface area (Å²) < 4.78 is 1.70. The Labute approximate surface area is 123 Å². The number of hydrogen-bond acceptors (Lipinski definition) is 4. The van der Waals surface area contributed by atoms with Crippen LogP contribution >= 0.6 is 0 Å². The molecule has 3 rings (SSSR count). The number of fused-ring (bicyclic) bond motifs is 1. The van der Waals surface area contributed by atoms with Crippen LogP contribution in [0.4, 0.5) is 0 Å². The third kappa shape index (κ3) is 3.21. The van der Waals surface area contributed by atoms with E-state index >= 15 is 0 Å². The lowest BCUT2D eigenvalue weighted by Gasteiger charge is -2.31. The first-order valence-corrected chi connectivity index (χ1v) is 7.43. The number of nitrogens with one attached hydrogen (secondary N) is 1. The summed E-state index contributed by atoms with van der Waals surface area (Å²) in [6.45, 7) is 0.385. The predicted octanol–water partition coefficient (Wildman–Crippen LogP) is 1.43. The van der Waals surface area contributed by atoms with Crippen LogP contribution in [0.1, 0.15) is 44.2 Å². The van der Waals surface area contributed by atoms with Gasteiger partial charge in [-0.1, -0.05) is 19.3 Å². The monoisotopic (exact) mass is 288 g/mol. The van der Waals surface area contributed by atoms with Gasteiger partial charge in [0, 0.05) is 12.3 Å². The summed E-state index contributed by atoms with van der Waals surface area (Å²) in [5, 5.41) is 17.4. The molecule has 2 heterocycles. The van der Waals surface area contributed by atoms with Gasteiger partial charge in [-0.15, -0.1) is 0 Å². The van der Waals surface area contributed by atoms with Crippen molar-refractivity contribution in [2.75, 3.05) is 0 Å². The van der Waals surface area contributed by atoms with Crippen LogP contribution in [-0.2, 0) is 11.3 Å². The van der Waals surface area contributed by atoms with Gasteiger partial charge in [0.05, 0.1) is 30.5 Å². The fourth-order valence-corrected chi connectivity index (χ4v) is 2.96. The van der Waals surface area contributed by atoms with Crippen molar-refractivity contribution < 1.29 is 9.90 Å². The van der Waals surface area contributed by atoms with Crippen LogP contribution in [0.25, 0.3) is 5.65 Å². The molecule has 0 aliphatic heterocycles. The van der Waals surface area contributed by atoms with Crippen molar-refractivity contribution in [1.82, 2.24) is 19.9 Å². The van der Waals surface area contributed by atoms with Crippen LogP contribution in [-0.4, -0.2) is 31.2 Å². The summed E-state index contributed by atoms with van der Waals surface area (Å²) >= 11 is 0. The van der Waals surface area contributed by atoms with Gasteiger partial charge < -0.3 is 10.4 Å². The normalized spacial score (nSPS) is 17.8. The van der Waals surface area contributed by atoms with Crippen LogP contribution in [0, 0.1) is 0 Å². The first-order valence-electron chi connectivity index (χ1n) is 7.43. The summed E-state index contributed by atoms with van der Waals surface area (Å²) in [4.78, 5) is 16.2. The molecule has 1 amide bonds. The molecule has 112 valence electrons. The Morgan fingerprint density at radius 2 is 2.10 bits per heavy atom. The van der Waals surface area contributed by atoms with Gasteiger partial charge in [-0.25, -0.2) is 9.50 Å². The lowest BCUT2D eigenvalue weighted by molar-refractivity contribution is -0.127. The highest BCUT2D eigenvalue weighted by atomic mass is 16.3. The summed E-state index contributed by atoms with van der Waals surface area (Å²) in [5.41, 5.74) is 0.809. The Kier molecular flexibility index (Phi) is 3.88. The smallest absolute Gasteiger partial charge is 0.223 e. The lowest BCUT2D eigenvalue weighted by atomic mass is 9.82.